The molecule has 1 heterocycles. The molecule has 1 saturated heterocycles. The molecule has 2 fully saturated rings. The van der Waals surface area contributed by atoms with Gasteiger partial charge in [-0.15, -0.1) is 0 Å². The highest BCUT2D eigenvalue weighted by atomic mass is 32.2. The lowest BCUT2D eigenvalue weighted by Crippen LogP contribution is -2.45. The summed E-state index contributed by atoms with van der Waals surface area (Å²) < 4.78 is 25.2. The van der Waals surface area contributed by atoms with Gasteiger partial charge in [-0.05, 0) is 37.0 Å². The van der Waals surface area contributed by atoms with E-state index >= 15 is 0 Å². The normalized spacial score (nSPS) is 23.8. The maximum atomic E-state index is 11.8. The minimum atomic E-state index is -3.01. The van der Waals surface area contributed by atoms with Crippen LogP contribution in [0.4, 0.5) is 0 Å². The highest BCUT2D eigenvalue weighted by Gasteiger charge is 2.34. The van der Waals surface area contributed by atoms with Crippen LogP contribution in [0.3, 0.4) is 0 Å². The van der Waals surface area contributed by atoms with Crippen molar-refractivity contribution in [1.82, 2.24) is 14.9 Å². The molecule has 1 aliphatic heterocycles. The first kappa shape index (κ1) is 19.5. The lowest BCUT2D eigenvalue weighted by Gasteiger charge is -2.32. The largest absolute Gasteiger partial charge is 0.356 e. The van der Waals surface area contributed by atoms with Gasteiger partial charge >= 0.3 is 0 Å². The van der Waals surface area contributed by atoms with Crippen molar-refractivity contribution in [1.29, 1.82) is 0 Å². The van der Waals surface area contributed by atoms with Crippen molar-refractivity contribution in [3.8, 4) is 0 Å². The fraction of sp³-hybridized carbons (Fsp3) is 0.941. The molecule has 1 aliphatic carbocycles. The molecule has 0 aromatic heterocycles. The number of nitrogens with one attached hydrogen (secondary N) is 2. The van der Waals surface area contributed by atoms with E-state index in [9.17, 15) is 8.42 Å². The van der Waals surface area contributed by atoms with Gasteiger partial charge in [0.25, 0.3) is 0 Å². The maximum absolute atomic E-state index is 11.8. The van der Waals surface area contributed by atoms with Crippen molar-refractivity contribution in [3.05, 3.63) is 0 Å². The second-order valence-electron chi connectivity index (χ2n) is 7.73. The summed E-state index contributed by atoms with van der Waals surface area (Å²) in [5, 5.41) is 6.74. The predicted octanol–water partition coefficient (Wildman–Crippen LogP) is 1.79. The number of guanidine groups is 1. The van der Waals surface area contributed by atoms with Crippen molar-refractivity contribution >= 4 is 16.0 Å². The summed E-state index contributed by atoms with van der Waals surface area (Å²) in [6, 6.07) is 0. The van der Waals surface area contributed by atoms with E-state index in [4.69, 9.17) is 0 Å². The highest BCUT2D eigenvalue weighted by Crippen LogP contribution is 2.42. The number of aliphatic imine (C=N–C) groups is 1. The van der Waals surface area contributed by atoms with Gasteiger partial charge in [0.2, 0.25) is 10.0 Å². The molecule has 0 unspecified atom stereocenters. The summed E-state index contributed by atoms with van der Waals surface area (Å²) in [4.78, 5) is 4.29. The molecule has 7 heteroatoms. The summed E-state index contributed by atoms with van der Waals surface area (Å²) in [6.45, 7) is 7.30. The van der Waals surface area contributed by atoms with Gasteiger partial charge in [-0.2, -0.15) is 0 Å². The van der Waals surface area contributed by atoms with Crippen LogP contribution in [0.2, 0.25) is 0 Å². The van der Waals surface area contributed by atoms with E-state index in [0.717, 1.165) is 18.9 Å². The molecule has 6 nitrogen and oxygen atoms in total. The molecule has 0 atom stereocenters. The Morgan fingerprint density at radius 1 is 1.21 bits per heavy atom. The average Bonchev–Trinajstić information content (AvgIpc) is 3.09. The van der Waals surface area contributed by atoms with Crippen LogP contribution in [-0.4, -0.2) is 57.7 Å². The SMILES string of the molecule is CN=C(NCCN1CCCS1(=O)=O)NCC1(CC(C)C)CCCC1. The van der Waals surface area contributed by atoms with Crippen LogP contribution in [0.1, 0.15) is 52.4 Å². The smallest absolute Gasteiger partial charge is 0.214 e. The number of nitrogens with zero attached hydrogens (tertiary/aromatic N) is 2. The molecule has 0 aromatic carbocycles. The van der Waals surface area contributed by atoms with Crippen molar-refractivity contribution in [3.63, 3.8) is 0 Å². The molecule has 0 amide bonds. The molecule has 140 valence electrons. The van der Waals surface area contributed by atoms with Crippen LogP contribution in [0.15, 0.2) is 4.99 Å². The fourth-order valence-electron chi connectivity index (χ4n) is 4.18. The monoisotopic (exact) mass is 358 g/mol. The summed E-state index contributed by atoms with van der Waals surface area (Å²) in [5.41, 5.74) is 0.393. The third-order valence-electron chi connectivity index (χ3n) is 5.22. The van der Waals surface area contributed by atoms with Crippen LogP contribution in [0.25, 0.3) is 0 Å². The van der Waals surface area contributed by atoms with Gasteiger partial charge in [0.15, 0.2) is 5.96 Å². The van der Waals surface area contributed by atoms with Crippen molar-refractivity contribution in [2.24, 2.45) is 16.3 Å². The second-order valence-corrected chi connectivity index (χ2v) is 9.81. The molecular formula is C17H34N4O2S. The van der Waals surface area contributed by atoms with Crippen LogP contribution in [0.5, 0.6) is 0 Å². The summed E-state index contributed by atoms with van der Waals surface area (Å²) in [5.74, 6) is 1.78. The molecule has 0 bridgehead atoms. The molecular weight excluding hydrogens is 324 g/mol. The zero-order chi connectivity index (χ0) is 17.6. The Morgan fingerprint density at radius 2 is 1.92 bits per heavy atom. The Balaban J connectivity index is 1.77. The molecule has 0 radical (unpaired) electrons. The van der Waals surface area contributed by atoms with E-state index < -0.39 is 10.0 Å². The van der Waals surface area contributed by atoms with Crippen LogP contribution < -0.4 is 10.6 Å². The summed E-state index contributed by atoms with van der Waals surface area (Å²) in [6.07, 6.45) is 7.24. The van der Waals surface area contributed by atoms with Crippen LogP contribution in [-0.2, 0) is 10.0 Å². The summed E-state index contributed by atoms with van der Waals surface area (Å²) >= 11 is 0. The Kier molecular flexibility index (Phi) is 6.92. The molecule has 2 aliphatic rings. The quantitative estimate of drug-likeness (QED) is 0.537. The highest BCUT2D eigenvalue weighted by molar-refractivity contribution is 7.89. The zero-order valence-corrected chi connectivity index (χ0v) is 16.3. The fourth-order valence-corrected chi connectivity index (χ4v) is 5.71. The van der Waals surface area contributed by atoms with E-state index in [1.807, 2.05) is 0 Å². The van der Waals surface area contributed by atoms with Gasteiger partial charge in [-0.1, -0.05) is 26.7 Å². The number of hydrogen-bond donors (Lipinski definition) is 2. The first-order chi connectivity index (χ1) is 11.4. The summed E-state index contributed by atoms with van der Waals surface area (Å²) in [7, 11) is -1.24. The Morgan fingerprint density at radius 3 is 2.46 bits per heavy atom. The third kappa shape index (κ3) is 5.34. The minimum Gasteiger partial charge on any atom is -0.356 e. The van der Waals surface area contributed by atoms with Gasteiger partial charge in [-0.3, -0.25) is 4.99 Å². The van der Waals surface area contributed by atoms with Gasteiger partial charge < -0.3 is 10.6 Å². The Labute approximate surface area is 147 Å². The van der Waals surface area contributed by atoms with Gasteiger partial charge in [0.1, 0.15) is 0 Å². The van der Waals surface area contributed by atoms with Gasteiger partial charge in [0, 0.05) is 33.2 Å². The van der Waals surface area contributed by atoms with E-state index in [2.05, 4.69) is 29.5 Å². The first-order valence-electron chi connectivity index (χ1n) is 9.29. The second kappa shape index (κ2) is 8.52. The van der Waals surface area contributed by atoms with E-state index in [-0.39, 0.29) is 5.75 Å². The number of hydrogen-bond acceptors (Lipinski definition) is 3. The third-order valence-corrected chi connectivity index (χ3v) is 7.17. The topological polar surface area (TPSA) is 73.8 Å². The van der Waals surface area contributed by atoms with Gasteiger partial charge in [0.05, 0.1) is 5.75 Å². The maximum Gasteiger partial charge on any atom is 0.214 e. The van der Waals surface area contributed by atoms with E-state index in [1.54, 1.807) is 11.4 Å². The number of rotatable bonds is 7. The first-order valence-corrected chi connectivity index (χ1v) is 10.9. The molecule has 0 aromatic rings. The van der Waals surface area contributed by atoms with Crippen LogP contribution >= 0.6 is 0 Å². The van der Waals surface area contributed by atoms with Crippen LogP contribution in [0, 0.1) is 11.3 Å². The predicted molar refractivity (Wildman–Crippen MR) is 99.7 cm³/mol. The molecule has 1 saturated carbocycles. The van der Waals surface area contributed by atoms with Crippen molar-refractivity contribution < 1.29 is 8.42 Å². The van der Waals surface area contributed by atoms with E-state index in [0.29, 0.717) is 31.0 Å². The van der Waals surface area contributed by atoms with Gasteiger partial charge in [-0.25, -0.2) is 12.7 Å². The Hall–Kier alpha value is -0.820. The minimum absolute atomic E-state index is 0.289. The Bertz CT molecular complexity index is 525. The standard InChI is InChI=1S/C17H34N4O2S/c1-15(2)13-17(7-4-5-8-17)14-20-16(18-3)19-9-11-21-10-6-12-24(21,22)23/h15H,4-14H2,1-3H3,(H2,18,19,20). The molecule has 2 rings (SSSR count). The molecule has 0 spiro atoms. The average molecular weight is 359 g/mol. The van der Waals surface area contributed by atoms with Crippen molar-refractivity contribution in [2.75, 3.05) is 39.0 Å². The lowest BCUT2D eigenvalue weighted by molar-refractivity contribution is 0.234. The zero-order valence-electron chi connectivity index (χ0n) is 15.5. The lowest BCUT2D eigenvalue weighted by atomic mass is 9.78. The van der Waals surface area contributed by atoms with E-state index in [1.165, 1.54) is 32.1 Å². The van der Waals surface area contributed by atoms with Crippen molar-refractivity contribution in [2.45, 2.75) is 52.4 Å². The molecule has 24 heavy (non-hydrogen) atoms. The molecule has 2 N–H and O–H groups in total. The number of sulfonamides is 1.